The van der Waals surface area contributed by atoms with E-state index in [0.29, 0.717) is 12.5 Å². The summed E-state index contributed by atoms with van der Waals surface area (Å²) in [5, 5.41) is 3.01. The smallest absolute Gasteiger partial charge is 0.221 e. The van der Waals surface area contributed by atoms with Crippen LogP contribution < -0.4 is 11.1 Å². The Kier molecular flexibility index (Phi) is 4.66. The highest BCUT2D eigenvalue weighted by molar-refractivity contribution is 5.76. The topological polar surface area (TPSA) is 55.1 Å². The molecule has 0 heterocycles. The zero-order valence-electron chi connectivity index (χ0n) is 8.83. The predicted molar refractivity (Wildman–Crippen MR) is 57.8 cm³/mol. The first kappa shape index (κ1) is 11.2. The number of nitrogens with two attached hydrogens (primary N) is 1. The second-order valence-electron chi connectivity index (χ2n) is 3.92. The van der Waals surface area contributed by atoms with Crippen molar-refractivity contribution in [2.75, 3.05) is 0 Å². The van der Waals surface area contributed by atoms with Gasteiger partial charge >= 0.3 is 0 Å². The number of hydrogen-bond acceptors (Lipinski definition) is 2. The van der Waals surface area contributed by atoms with Crippen molar-refractivity contribution in [3.8, 4) is 0 Å². The van der Waals surface area contributed by atoms with Crippen molar-refractivity contribution >= 4 is 5.91 Å². The first-order valence-electron chi connectivity index (χ1n) is 5.42. The van der Waals surface area contributed by atoms with E-state index in [2.05, 4.69) is 17.5 Å². The predicted octanol–water partition coefficient (Wildman–Crippen LogP) is 1.34. The van der Waals surface area contributed by atoms with Gasteiger partial charge in [-0.25, -0.2) is 0 Å². The van der Waals surface area contributed by atoms with Crippen LogP contribution in [0.15, 0.2) is 12.2 Å². The van der Waals surface area contributed by atoms with Crippen LogP contribution in [0.1, 0.15) is 39.0 Å². The molecule has 0 radical (unpaired) electrons. The van der Waals surface area contributed by atoms with Crippen molar-refractivity contribution < 1.29 is 4.79 Å². The molecule has 0 aromatic heterocycles. The Labute approximate surface area is 85.7 Å². The molecule has 0 aliphatic heterocycles. The highest BCUT2D eigenvalue weighted by Crippen LogP contribution is 2.10. The summed E-state index contributed by atoms with van der Waals surface area (Å²) in [6, 6.07) is 0.339. The molecule has 1 aliphatic rings. The molecular formula is C11H20N2O. The van der Waals surface area contributed by atoms with Crippen LogP contribution in [-0.4, -0.2) is 18.0 Å². The summed E-state index contributed by atoms with van der Waals surface area (Å²) in [5.41, 5.74) is 5.70. The van der Waals surface area contributed by atoms with E-state index in [0.717, 1.165) is 25.7 Å². The van der Waals surface area contributed by atoms with Crippen LogP contribution in [0.25, 0.3) is 0 Å². The number of hydrogen-bond donors (Lipinski definition) is 2. The Hall–Kier alpha value is -0.830. The van der Waals surface area contributed by atoms with Crippen LogP contribution in [0, 0.1) is 0 Å². The lowest BCUT2D eigenvalue weighted by atomic mass is 10.0. The van der Waals surface area contributed by atoms with E-state index in [-0.39, 0.29) is 11.9 Å². The molecule has 0 spiro atoms. The van der Waals surface area contributed by atoms with E-state index in [1.165, 1.54) is 0 Å². The molecular weight excluding hydrogens is 176 g/mol. The zero-order valence-corrected chi connectivity index (χ0v) is 8.83. The second-order valence-corrected chi connectivity index (χ2v) is 3.92. The van der Waals surface area contributed by atoms with Gasteiger partial charge in [-0.15, -0.1) is 0 Å². The monoisotopic (exact) mass is 196 g/mol. The average Bonchev–Trinajstić information content (AvgIpc) is 2.19. The Morgan fingerprint density at radius 1 is 1.64 bits per heavy atom. The third kappa shape index (κ3) is 3.92. The Bertz CT molecular complexity index is 213. The number of amides is 1. The molecule has 0 aromatic carbocycles. The van der Waals surface area contributed by atoms with Crippen LogP contribution in [-0.2, 0) is 4.79 Å². The van der Waals surface area contributed by atoms with E-state index in [4.69, 9.17) is 5.73 Å². The van der Waals surface area contributed by atoms with Crippen LogP contribution >= 0.6 is 0 Å². The summed E-state index contributed by atoms with van der Waals surface area (Å²) in [5.74, 6) is 0.0969. The molecule has 0 saturated carbocycles. The normalized spacial score (nSPS) is 23.1. The molecule has 2 atom stereocenters. The van der Waals surface area contributed by atoms with Crippen molar-refractivity contribution in [1.29, 1.82) is 0 Å². The zero-order chi connectivity index (χ0) is 10.4. The molecule has 14 heavy (non-hydrogen) atoms. The van der Waals surface area contributed by atoms with Gasteiger partial charge < -0.3 is 11.1 Å². The number of carbonyl (C=O) groups is 1. The molecule has 3 N–H and O–H groups in total. The summed E-state index contributed by atoms with van der Waals surface area (Å²) in [6.45, 7) is 2.00. The summed E-state index contributed by atoms with van der Waals surface area (Å²) in [6.07, 6.45) is 8.71. The van der Waals surface area contributed by atoms with Gasteiger partial charge in [0.1, 0.15) is 0 Å². The second kappa shape index (κ2) is 5.81. The lowest BCUT2D eigenvalue weighted by molar-refractivity contribution is -0.122. The van der Waals surface area contributed by atoms with Gasteiger partial charge in [0.25, 0.3) is 0 Å². The Balaban J connectivity index is 2.22. The number of rotatable bonds is 4. The molecule has 0 fully saturated rings. The van der Waals surface area contributed by atoms with Gasteiger partial charge in [-0.05, 0) is 25.7 Å². The number of nitrogens with one attached hydrogen (secondary N) is 1. The standard InChI is InChI=1S/C11H20N2O/c1-2-9(12)8-11(14)13-10-6-4-3-5-7-10/h3-4,9-10H,2,5-8,12H2,1H3,(H,13,14). The van der Waals surface area contributed by atoms with Gasteiger partial charge in [-0.3, -0.25) is 4.79 Å². The lowest BCUT2D eigenvalue weighted by Crippen LogP contribution is -2.38. The average molecular weight is 196 g/mol. The summed E-state index contributed by atoms with van der Waals surface area (Å²) in [7, 11) is 0. The molecule has 1 rings (SSSR count). The third-order valence-electron chi connectivity index (χ3n) is 2.61. The van der Waals surface area contributed by atoms with E-state index in [1.54, 1.807) is 0 Å². The minimum absolute atomic E-state index is 0.00846. The van der Waals surface area contributed by atoms with Gasteiger partial charge in [0.15, 0.2) is 0 Å². The van der Waals surface area contributed by atoms with Crippen LogP contribution in [0.5, 0.6) is 0 Å². The Morgan fingerprint density at radius 2 is 2.43 bits per heavy atom. The number of allylic oxidation sites excluding steroid dienone is 1. The lowest BCUT2D eigenvalue weighted by Gasteiger charge is -2.20. The summed E-state index contributed by atoms with van der Waals surface area (Å²) in [4.78, 5) is 11.5. The molecule has 2 unspecified atom stereocenters. The molecule has 3 nitrogen and oxygen atoms in total. The van der Waals surface area contributed by atoms with E-state index < -0.39 is 0 Å². The fourth-order valence-electron chi connectivity index (χ4n) is 1.59. The van der Waals surface area contributed by atoms with Gasteiger partial charge in [0, 0.05) is 18.5 Å². The fraction of sp³-hybridized carbons (Fsp3) is 0.727. The van der Waals surface area contributed by atoms with E-state index in [9.17, 15) is 4.79 Å². The summed E-state index contributed by atoms with van der Waals surface area (Å²) >= 11 is 0. The minimum Gasteiger partial charge on any atom is -0.353 e. The third-order valence-corrected chi connectivity index (χ3v) is 2.61. The van der Waals surface area contributed by atoms with Crippen molar-refractivity contribution in [1.82, 2.24) is 5.32 Å². The molecule has 0 aromatic rings. The van der Waals surface area contributed by atoms with Crippen molar-refractivity contribution in [2.24, 2.45) is 5.73 Å². The maximum atomic E-state index is 11.5. The largest absolute Gasteiger partial charge is 0.353 e. The highest BCUT2D eigenvalue weighted by atomic mass is 16.1. The van der Waals surface area contributed by atoms with Crippen LogP contribution in [0.2, 0.25) is 0 Å². The molecule has 0 saturated heterocycles. The Morgan fingerprint density at radius 3 is 3.00 bits per heavy atom. The quantitative estimate of drug-likeness (QED) is 0.667. The fourth-order valence-corrected chi connectivity index (χ4v) is 1.59. The first-order valence-corrected chi connectivity index (χ1v) is 5.42. The molecule has 80 valence electrons. The molecule has 1 aliphatic carbocycles. The maximum Gasteiger partial charge on any atom is 0.221 e. The van der Waals surface area contributed by atoms with Crippen molar-refractivity contribution in [3.05, 3.63) is 12.2 Å². The minimum atomic E-state index is 0.00846. The molecule has 3 heteroatoms. The van der Waals surface area contributed by atoms with E-state index >= 15 is 0 Å². The molecule has 1 amide bonds. The van der Waals surface area contributed by atoms with Gasteiger partial charge in [0.2, 0.25) is 5.91 Å². The number of carbonyl (C=O) groups excluding carboxylic acids is 1. The van der Waals surface area contributed by atoms with Crippen LogP contribution in [0.3, 0.4) is 0 Å². The SMILES string of the molecule is CCC(N)CC(=O)NC1CC=CCC1. The van der Waals surface area contributed by atoms with Gasteiger partial charge in [-0.2, -0.15) is 0 Å². The van der Waals surface area contributed by atoms with Crippen molar-refractivity contribution in [3.63, 3.8) is 0 Å². The van der Waals surface area contributed by atoms with Crippen LogP contribution in [0.4, 0.5) is 0 Å². The maximum absolute atomic E-state index is 11.5. The van der Waals surface area contributed by atoms with Gasteiger partial charge in [0.05, 0.1) is 0 Å². The van der Waals surface area contributed by atoms with Crippen molar-refractivity contribution in [2.45, 2.75) is 51.1 Å². The first-order chi connectivity index (χ1) is 6.72. The van der Waals surface area contributed by atoms with Gasteiger partial charge in [-0.1, -0.05) is 19.1 Å². The highest BCUT2D eigenvalue weighted by Gasteiger charge is 2.14. The summed E-state index contributed by atoms with van der Waals surface area (Å²) < 4.78 is 0. The molecule has 0 bridgehead atoms. The van der Waals surface area contributed by atoms with E-state index in [1.807, 2.05) is 6.92 Å².